The van der Waals surface area contributed by atoms with Gasteiger partial charge < -0.3 is 11.1 Å². The summed E-state index contributed by atoms with van der Waals surface area (Å²) in [4.78, 5) is 12.4. The number of rotatable bonds is 3. The van der Waals surface area contributed by atoms with Gasteiger partial charge in [-0.15, -0.1) is 0 Å². The van der Waals surface area contributed by atoms with E-state index in [-0.39, 0.29) is 11.9 Å². The van der Waals surface area contributed by atoms with Crippen LogP contribution in [0.15, 0.2) is 30.6 Å². The van der Waals surface area contributed by atoms with Crippen LogP contribution in [0.5, 0.6) is 0 Å². The molecule has 0 aliphatic heterocycles. The second-order valence-corrected chi connectivity index (χ2v) is 5.45. The molecule has 3 N–H and O–H groups in total. The van der Waals surface area contributed by atoms with E-state index >= 15 is 0 Å². The zero-order valence-electron chi connectivity index (χ0n) is 11.5. The average molecular weight is 272 g/mol. The molecule has 2 aromatic rings. The summed E-state index contributed by atoms with van der Waals surface area (Å²) in [6.45, 7) is 0.639. The van der Waals surface area contributed by atoms with Crippen molar-refractivity contribution in [3.63, 3.8) is 0 Å². The fourth-order valence-corrected chi connectivity index (χ4v) is 3.04. The Kier molecular flexibility index (Phi) is 3.69. The van der Waals surface area contributed by atoms with Crippen LogP contribution in [0.2, 0.25) is 0 Å². The summed E-state index contributed by atoms with van der Waals surface area (Å²) in [7, 11) is 0. The fraction of sp³-hybridized carbons (Fsp3) is 0.467. The first-order chi connectivity index (χ1) is 9.79. The molecule has 2 atom stereocenters. The summed E-state index contributed by atoms with van der Waals surface area (Å²) in [6, 6.07) is 5.91. The molecule has 106 valence electrons. The van der Waals surface area contributed by atoms with Gasteiger partial charge in [0.05, 0.1) is 17.3 Å². The first-order valence-corrected chi connectivity index (χ1v) is 7.23. The Labute approximate surface area is 118 Å². The second kappa shape index (κ2) is 5.63. The summed E-state index contributed by atoms with van der Waals surface area (Å²) in [6.07, 6.45) is 7.98. The molecule has 1 fully saturated rings. The zero-order valence-corrected chi connectivity index (χ0v) is 11.5. The van der Waals surface area contributed by atoms with Crippen molar-refractivity contribution in [2.45, 2.75) is 31.7 Å². The molecule has 1 aliphatic rings. The first kappa shape index (κ1) is 13.1. The summed E-state index contributed by atoms with van der Waals surface area (Å²) >= 11 is 0. The molecule has 1 saturated carbocycles. The van der Waals surface area contributed by atoms with Gasteiger partial charge in [-0.2, -0.15) is 5.10 Å². The van der Waals surface area contributed by atoms with Crippen molar-refractivity contribution in [1.82, 2.24) is 14.9 Å². The van der Waals surface area contributed by atoms with Gasteiger partial charge in [0.2, 0.25) is 0 Å². The first-order valence-electron chi connectivity index (χ1n) is 7.23. The fourth-order valence-electron chi connectivity index (χ4n) is 3.04. The third-order valence-electron chi connectivity index (χ3n) is 4.20. The quantitative estimate of drug-likeness (QED) is 0.891. The molecule has 0 aromatic carbocycles. The van der Waals surface area contributed by atoms with E-state index in [2.05, 4.69) is 10.4 Å². The molecule has 0 radical (unpaired) electrons. The molecule has 3 rings (SSSR count). The Morgan fingerprint density at radius 2 is 2.25 bits per heavy atom. The third-order valence-corrected chi connectivity index (χ3v) is 4.20. The van der Waals surface area contributed by atoms with E-state index in [4.69, 9.17) is 5.73 Å². The van der Waals surface area contributed by atoms with Crippen molar-refractivity contribution in [2.24, 2.45) is 11.7 Å². The van der Waals surface area contributed by atoms with Crippen LogP contribution in [-0.2, 0) is 0 Å². The molecule has 2 unspecified atom stereocenters. The number of nitrogens with one attached hydrogen (secondary N) is 1. The van der Waals surface area contributed by atoms with Crippen LogP contribution in [0.1, 0.15) is 36.0 Å². The van der Waals surface area contributed by atoms with Gasteiger partial charge in [0.1, 0.15) is 0 Å². The topological polar surface area (TPSA) is 72.4 Å². The zero-order chi connectivity index (χ0) is 13.9. The number of fused-ring (bicyclic) bond motifs is 1. The predicted molar refractivity (Wildman–Crippen MR) is 77.5 cm³/mol. The minimum Gasteiger partial charge on any atom is -0.349 e. The molecule has 0 spiro atoms. The SMILES string of the molecule is NCC1CCCCC1NC(=O)c1cnn2ccccc12. The number of aromatic nitrogens is 2. The van der Waals surface area contributed by atoms with Crippen molar-refractivity contribution in [3.05, 3.63) is 36.2 Å². The van der Waals surface area contributed by atoms with Crippen LogP contribution in [0.3, 0.4) is 0 Å². The Bertz CT molecular complexity index is 607. The van der Waals surface area contributed by atoms with E-state index < -0.39 is 0 Å². The van der Waals surface area contributed by atoms with Crippen molar-refractivity contribution in [1.29, 1.82) is 0 Å². The molecule has 5 nitrogen and oxygen atoms in total. The number of hydrogen-bond donors (Lipinski definition) is 2. The maximum atomic E-state index is 12.4. The van der Waals surface area contributed by atoms with Gasteiger partial charge in [-0.05, 0) is 37.4 Å². The largest absolute Gasteiger partial charge is 0.349 e. The molecule has 20 heavy (non-hydrogen) atoms. The van der Waals surface area contributed by atoms with E-state index in [0.29, 0.717) is 18.0 Å². The van der Waals surface area contributed by atoms with Gasteiger partial charge in [0, 0.05) is 12.2 Å². The molecular formula is C15H20N4O. The summed E-state index contributed by atoms with van der Waals surface area (Å²) in [5.74, 6) is 0.353. The highest BCUT2D eigenvalue weighted by molar-refractivity contribution is 6.00. The summed E-state index contributed by atoms with van der Waals surface area (Å²) in [5, 5.41) is 7.35. The van der Waals surface area contributed by atoms with E-state index in [0.717, 1.165) is 24.8 Å². The van der Waals surface area contributed by atoms with Crippen LogP contribution in [0.25, 0.3) is 5.52 Å². The number of amides is 1. The maximum Gasteiger partial charge on any atom is 0.255 e. The number of carbonyl (C=O) groups excluding carboxylic acids is 1. The van der Waals surface area contributed by atoms with Crippen LogP contribution in [0.4, 0.5) is 0 Å². The highest BCUT2D eigenvalue weighted by Gasteiger charge is 2.26. The minimum atomic E-state index is -0.0449. The molecule has 1 amide bonds. The van der Waals surface area contributed by atoms with E-state index in [1.54, 1.807) is 10.7 Å². The number of hydrogen-bond acceptors (Lipinski definition) is 3. The van der Waals surface area contributed by atoms with Crippen molar-refractivity contribution < 1.29 is 4.79 Å². The standard InChI is InChI=1S/C15H20N4O/c16-9-11-5-1-2-6-13(11)18-15(20)12-10-17-19-8-4-3-7-14(12)19/h3-4,7-8,10-11,13H,1-2,5-6,9,16H2,(H,18,20). The second-order valence-electron chi connectivity index (χ2n) is 5.45. The molecule has 0 bridgehead atoms. The van der Waals surface area contributed by atoms with Crippen molar-refractivity contribution in [3.8, 4) is 0 Å². The van der Waals surface area contributed by atoms with Crippen molar-refractivity contribution >= 4 is 11.4 Å². The van der Waals surface area contributed by atoms with Gasteiger partial charge in [-0.1, -0.05) is 18.9 Å². The maximum absolute atomic E-state index is 12.4. The average Bonchev–Trinajstić information content (AvgIpc) is 2.92. The lowest BCUT2D eigenvalue weighted by Crippen LogP contribution is -2.44. The van der Waals surface area contributed by atoms with Crippen molar-refractivity contribution in [2.75, 3.05) is 6.54 Å². The van der Waals surface area contributed by atoms with Crippen LogP contribution in [-0.4, -0.2) is 28.1 Å². The molecule has 2 aromatic heterocycles. The molecule has 5 heteroatoms. The van der Waals surface area contributed by atoms with Gasteiger partial charge in [0.25, 0.3) is 5.91 Å². The Hall–Kier alpha value is -1.88. The highest BCUT2D eigenvalue weighted by Crippen LogP contribution is 2.24. The van der Waals surface area contributed by atoms with E-state index in [1.165, 1.54) is 6.42 Å². The summed E-state index contributed by atoms with van der Waals surface area (Å²) < 4.78 is 1.72. The van der Waals surface area contributed by atoms with E-state index in [9.17, 15) is 4.79 Å². The normalized spacial score (nSPS) is 22.9. The lowest BCUT2D eigenvalue weighted by atomic mass is 9.84. The molecular weight excluding hydrogens is 252 g/mol. The number of carbonyl (C=O) groups is 1. The van der Waals surface area contributed by atoms with Gasteiger partial charge >= 0.3 is 0 Å². The van der Waals surface area contributed by atoms with Gasteiger partial charge in [-0.3, -0.25) is 4.79 Å². The summed E-state index contributed by atoms with van der Waals surface area (Å²) in [5.41, 5.74) is 7.28. The van der Waals surface area contributed by atoms with E-state index in [1.807, 2.05) is 24.4 Å². The predicted octanol–water partition coefficient (Wildman–Crippen LogP) is 1.58. The number of nitrogens with zero attached hydrogens (tertiary/aromatic N) is 2. The number of pyridine rings is 1. The van der Waals surface area contributed by atoms with Gasteiger partial charge in [0.15, 0.2) is 0 Å². The smallest absolute Gasteiger partial charge is 0.255 e. The lowest BCUT2D eigenvalue weighted by molar-refractivity contribution is 0.0909. The number of nitrogens with two attached hydrogens (primary N) is 1. The Morgan fingerprint density at radius 1 is 1.40 bits per heavy atom. The van der Waals surface area contributed by atoms with Crippen LogP contribution >= 0.6 is 0 Å². The molecule has 0 saturated heterocycles. The molecule has 2 heterocycles. The Morgan fingerprint density at radius 3 is 3.10 bits per heavy atom. The Balaban J connectivity index is 1.78. The third kappa shape index (κ3) is 2.41. The van der Waals surface area contributed by atoms with Crippen LogP contribution < -0.4 is 11.1 Å². The highest BCUT2D eigenvalue weighted by atomic mass is 16.1. The molecule has 1 aliphatic carbocycles. The van der Waals surface area contributed by atoms with Gasteiger partial charge in [-0.25, -0.2) is 4.52 Å². The van der Waals surface area contributed by atoms with Crippen LogP contribution in [0, 0.1) is 5.92 Å². The minimum absolute atomic E-state index is 0.0449. The monoisotopic (exact) mass is 272 g/mol. The lowest BCUT2D eigenvalue weighted by Gasteiger charge is -2.31.